The van der Waals surface area contributed by atoms with Crippen molar-refractivity contribution in [3.05, 3.63) is 28.2 Å². The second kappa shape index (κ2) is 5.41. The van der Waals surface area contributed by atoms with Crippen LogP contribution < -0.4 is 5.43 Å². The van der Waals surface area contributed by atoms with E-state index in [0.717, 1.165) is 13.0 Å². The van der Waals surface area contributed by atoms with E-state index < -0.39 is 23.1 Å². The van der Waals surface area contributed by atoms with Crippen LogP contribution in [-0.4, -0.2) is 34.1 Å². The van der Waals surface area contributed by atoms with Gasteiger partial charge in [0.1, 0.15) is 6.04 Å². The Morgan fingerprint density at radius 2 is 2.21 bits per heavy atom. The Balaban J connectivity index is 3.47. The molecule has 0 radical (unpaired) electrons. The minimum absolute atomic E-state index is 0.0311. The number of pyridine rings is 1. The van der Waals surface area contributed by atoms with E-state index in [0.29, 0.717) is 0 Å². The van der Waals surface area contributed by atoms with Crippen molar-refractivity contribution in [1.29, 1.82) is 0 Å². The fourth-order valence-electron chi connectivity index (χ4n) is 2.03. The highest BCUT2D eigenvalue weighted by Crippen LogP contribution is 2.37. The van der Waals surface area contributed by atoms with Crippen molar-refractivity contribution in [2.24, 2.45) is 7.05 Å². The van der Waals surface area contributed by atoms with Crippen LogP contribution in [-0.2, 0) is 7.05 Å². The van der Waals surface area contributed by atoms with Crippen molar-refractivity contribution in [2.45, 2.75) is 18.9 Å². The highest BCUT2D eigenvalue weighted by molar-refractivity contribution is 5.31. The highest BCUT2D eigenvalue weighted by atomic mass is 19.3. The third kappa shape index (κ3) is 3.12. The second-order valence-electron chi connectivity index (χ2n) is 4.50. The molecule has 0 aliphatic rings. The Hall–Kier alpha value is -1.87. The number of nitrogens with zero attached hydrogens (tertiary/aromatic N) is 2. The van der Waals surface area contributed by atoms with Gasteiger partial charge >= 0.3 is 0 Å². The fraction of sp³-hybridized carbons (Fsp3) is 0.462. The average molecular weight is 270 g/mol. The van der Waals surface area contributed by atoms with E-state index in [1.165, 1.54) is 29.8 Å². The molecule has 1 heterocycles. The molecule has 1 N–H and O–H groups in total. The summed E-state index contributed by atoms with van der Waals surface area (Å²) >= 11 is 0. The number of aryl methyl sites for hydroxylation is 1. The van der Waals surface area contributed by atoms with Gasteiger partial charge in [-0.15, -0.1) is 6.42 Å². The predicted octanol–water partition coefficient (Wildman–Crippen LogP) is 1.35. The van der Waals surface area contributed by atoms with E-state index >= 15 is 0 Å². The third-order valence-corrected chi connectivity index (χ3v) is 2.83. The van der Waals surface area contributed by atoms with Crippen molar-refractivity contribution in [2.75, 3.05) is 13.6 Å². The average Bonchev–Trinajstić information content (AvgIpc) is 2.28. The van der Waals surface area contributed by atoms with Crippen LogP contribution in [0.5, 0.6) is 5.75 Å². The monoisotopic (exact) mass is 270 g/mol. The molecule has 0 fully saturated rings. The molecule has 0 bridgehead atoms. The maximum absolute atomic E-state index is 13.8. The Morgan fingerprint density at radius 1 is 1.63 bits per heavy atom. The number of aromatic nitrogens is 1. The molecule has 1 atom stereocenters. The van der Waals surface area contributed by atoms with Gasteiger partial charge in [-0.25, -0.2) is 8.78 Å². The molecule has 0 amide bonds. The molecule has 1 aromatic heterocycles. The Kier molecular flexibility index (Phi) is 4.32. The lowest BCUT2D eigenvalue weighted by Gasteiger charge is -2.32. The van der Waals surface area contributed by atoms with Crippen molar-refractivity contribution >= 4 is 0 Å². The summed E-state index contributed by atoms with van der Waals surface area (Å²) in [5.41, 5.74) is -0.853. The number of halogens is 2. The second-order valence-corrected chi connectivity index (χ2v) is 4.50. The summed E-state index contributed by atoms with van der Waals surface area (Å²) in [5, 5.41) is 9.78. The maximum atomic E-state index is 13.8. The molecule has 4 nitrogen and oxygen atoms in total. The Bertz CT molecular complexity index is 555. The van der Waals surface area contributed by atoms with Crippen LogP contribution in [0.1, 0.15) is 18.7 Å². The Labute approximate surface area is 110 Å². The normalized spacial score (nSPS) is 13.3. The zero-order valence-electron chi connectivity index (χ0n) is 11.0. The van der Waals surface area contributed by atoms with E-state index in [2.05, 4.69) is 5.92 Å². The number of rotatable bonds is 4. The van der Waals surface area contributed by atoms with Gasteiger partial charge in [-0.3, -0.25) is 9.69 Å². The van der Waals surface area contributed by atoms with Crippen LogP contribution in [0.15, 0.2) is 17.1 Å². The van der Waals surface area contributed by atoms with Gasteiger partial charge in [0.2, 0.25) is 5.43 Å². The zero-order valence-corrected chi connectivity index (χ0v) is 11.0. The quantitative estimate of drug-likeness (QED) is 0.840. The minimum Gasteiger partial charge on any atom is -0.503 e. The number of hydrogen-bond donors (Lipinski definition) is 1. The van der Waals surface area contributed by atoms with Gasteiger partial charge in [0.25, 0.3) is 5.92 Å². The van der Waals surface area contributed by atoms with Crippen LogP contribution in [0.4, 0.5) is 8.78 Å². The van der Waals surface area contributed by atoms with E-state index in [4.69, 9.17) is 6.42 Å². The smallest absolute Gasteiger partial charge is 0.266 e. The highest BCUT2D eigenvalue weighted by Gasteiger charge is 2.41. The molecular formula is C13H16F2N2O2. The third-order valence-electron chi connectivity index (χ3n) is 2.83. The lowest BCUT2D eigenvalue weighted by Crippen LogP contribution is -2.39. The lowest BCUT2D eigenvalue weighted by molar-refractivity contribution is -0.0615. The van der Waals surface area contributed by atoms with Crippen LogP contribution in [0.3, 0.4) is 0 Å². The first-order valence-electron chi connectivity index (χ1n) is 5.60. The maximum Gasteiger partial charge on any atom is 0.266 e. The largest absolute Gasteiger partial charge is 0.503 e. The van der Waals surface area contributed by atoms with Crippen LogP contribution in [0.25, 0.3) is 0 Å². The molecule has 1 unspecified atom stereocenters. The molecule has 0 aliphatic heterocycles. The number of hydrogen-bond acceptors (Lipinski definition) is 3. The molecule has 0 aliphatic carbocycles. The van der Waals surface area contributed by atoms with E-state index in [1.54, 1.807) is 0 Å². The van der Waals surface area contributed by atoms with Gasteiger partial charge in [-0.05, 0) is 7.05 Å². The van der Waals surface area contributed by atoms with Crippen LogP contribution >= 0.6 is 0 Å². The molecule has 19 heavy (non-hydrogen) atoms. The van der Waals surface area contributed by atoms with Crippen LogP contribution in [0.2, 0.25) is 0 Å². The SMILES string of the molecule is C#CCN(C)C(c1c(O)c(=O)ccn1C)C(C)(F)F. The van der Waals surface area contributed by atoms with Gasteiger partial charge in [-0.2, -0.15) is 0 Å². The fourth-order valence-corrected chi connectivity index (χ4v) is 2.03. The first-order valence-corrected chi connectivity index (χ1v) is 5.60. The molecular weight excluding hydrogens is 254 g/mol. The number of aromatic hydroxyl groups is 1. The summed E-state index contributed by atoms with van der Waals surface area (Å²) in [6, 6.07) is -0.368. The zero-order chi connectivity index (χ0) is 14.8. The molecule has 6 heteroatoms. The van der Waals surface area contributed by atoms with Gasteiger partial charge in [0, 0.05) is 26.2 Å². The number of terminal acetylenes is 1. The summed E-state index contributed by atoms with van der Waals surface area (Å²) < 4.78 is 28.9. The van der Waals surface area contributed by atoms with Crippen molar-refractivity contribution < 1.29 is 13.9 Å². The number of alkyl halides is 2. The molecule has 1 aromatic rings. The van der Waals surface area contributed by atoms with Crippen LogP contribution in [0, 0.1) is 12.3 Å². The topological polar surface area (TPSA) is 45.5 Å². The molecule has 1 rings (SSSR count). The predicted molar refractivity (Wildman–Crippen MR) is 68.2 cm³/mol. The first-order chi connectivity index (χ1) is 8.70. The van der Waals surface area contributed by atoms with Crippen molar-refractivity contribution in [1.82, 2.24) is 9.47 Å². The van der Waals surface area contributed by atoms with Gasteiger partial charge < -0.3 is 9.67 Å². The van der Waals surface area contributed by atoms with Gasteiger partial charge in [0.05, 0.1) is 12.2 Å². The summed E-state index contributed by atoms with van der Waals surface area (Å²) in [7, 11) is 2.90. The van der Waals surface area contributed by atoms with E-state index in [9.17, 15) is 18.7 Å². The van der Waals surface area contributed by atoms with Gasteiger partial charge in [0.15, 0.2) is 5.75 Å². The van der Waals surface area contributed by atoms with E-state index in [-0.39, 0.29) is 12.2 Å². The van der Waals surface area contributed by atoms with E-state index in [1.807, 2.05) is 0 Å². The van der Waals surface area contributed by atoms with Crippen molar-refractivity contribution in [3.63, 3.8) is 0 Å². The van der Waals surface area contributed by atoms with Gasteiger partial charge in [-0.1, -0.05) is 5.92 Å². The van der Waals surface area contributed by atoms with Crippen molar-refractivity contribution in [3.8, 4) is 18.1 Å². The summed E-state index contributed by atoms with van der Waals surface area (Å²) in [6.45, 7) is 0.693. The minimum atomic E-state index is -3.17. The summed E-state index contributed by atoms with van der Waals surface area (Å²) in [6.07, 6.45) is 6.46. The molecule has 0 saturated carbocycles. The Morgan fingerprint density at radius 3 is 2.68 bits per heavy atom. The molecule has 0 saturated heterocycles. The standard InChI is InChI=1S/C13H16F2N2O2/c1-5-7-17(4)12(13(2,14)15)10-11(19)9(18)6-8-16(10)3/h1,6,8,12,19H,7H2,2-4H3. The summed E-state index contributed by atoms with van der Waals surface area (Å²) in [5.74, 6) is -1.59. The molecule has 0 aromatic carbocycles. The lowest BCUT2D eigenvalue weighted by atomic mass is 10.0. The first kappa shape index (κ1) is 15.2. The summed E-state index contributed by atoms with van der Waals surface area (Å²) in [4.78, 5) is 12.7. The molecule has 104 valence electrons. The molecule has 0 spiro atoms.